The van der Waals surface area contributed by atoms with E-state index in [1.54, 1.807) is 12.1 Å². The van der Waals surface area contributed by atoms with Crippen molar-refractivity contribution in [1.82, 2.24) is 4.57 Å². The third-order valence-electron chi connectivity index (χ3n) is 8.35. The monoisotopic (exact) mass is 545 g/mol. The van der Waals surface area contributed by atoms with Gasteiger partial charge in [0.15, 0.2) is 0 Å². The van der Waals surface area contributed by atoms with Crippen molar-refractivity contribution in [3.63, 3.8) is 0 Å². The lowest BCUT2D eigenvalue weighted by Gasteiger charge is -2.33. The van der Waals surface area contributed by atoms with E-state index < -0.39 is 11.9 Å². The van der Waals surface area contributed by atoms with Crippen LogP contribution < -0.4 is 4.74 Å². The van der Waals surface area contributed by atoms with E-state index in [2.05, 4.69) is 10.6 Å². The average molecular weight is 546 g/mol. The summed E-state index contributed by atoms with van der Waals surface area (Å²) < 4.78 is 43.0. The number of ether oxygens (including phenoxy) is 2. The van der Waals surface area contributed by atoms with Gasteiger partial charge in [-0.25, -0.2) is 13.6 Å². The molecular formula is C33H33F2NO4. The van der Waals surface area contributed by atoms with Crippen molar-refractivity contribution in [3.05, 3.63) is 89.6 Å². The van der Waals surface area contributed by atoms with Crippen LogP contribution >= 0.6 is 0 Å². The molecule has 1 N–H and O–H groups in total. The van der Waals surface area contributed by atoms with Crippen molar-refractivity contribution in [2.75, 3.05) is 13.2 Å². The van der Waals surface area contributed by atoms with E-state index in [1.807, 2.05) is 54.6 Å². The molecule has 40 heavy (non-hydrogen) atoms. The normalized spacial score (nSPS) is 18.1. The van der Waals surface area contributed by atoms with Gasteiger partial charge in [-0.05, 0) is 61.1 Å². The smallest absolute Gasteiger partial charge is 0.335 e. The van der Waals surface area contributed by atoms with Crippen LogP contribution in [0.25, 0.3) is 22.0 Å². The molecule has 1 saturated carbocycles. The Kier molecular flexibility index (Phi) is 7.32. The summed E-state index contributed by atoms with van der Waals surface area (Å²) in [7, 11) is 0. The summed E-state index contributed by atoms with van der Waals surface area (Å²) in [5.41, 5.74) is 5.25. The first-order chi connectivity index (χ1) is 19.4. The highest BCUT2D eigenvalue weighted by atomic mass is 19.3. The minimum absolute atomic E-state index is 0.0589. The standard InChI is InChI=1S/C33H33F2NO4/c34-33(35)17-13-26(14-18-33)36-27-7-4-8-28(40-21-22-5-2-1-3-6-22)30(27)29(31(36)24-15-19-39-20-16-24)23-9-11-25(12-10-23)32(37)38/h1-12,24,26H,13-21H2,(H,37,38). The highest BCUT2D eigenvalue weighted by Crippen LogP contribution is 2.49. The van der Waals surface area contributed by atoms with Crippen LogP contribution in [0.4, 0.5) is 8.78 Å². The predicted molar refractivity (Wildman–Crippen MR) is 150 cm³/mol. The zero-order valence-corrected chi connectivity index (χ0v) is 22.3. The Morgan fingerprint density at radius 3 is 2.30 bits per heavy atom. The summed E-state index contributed by atoms with van der Waals surface area (Å²) in [6, 6.07) is 22.9. The van der Waals surface area contributed by atoms with Gasteiger partial charge in [0.25, 0.3) is 0 Å². The van der Waals surface area contributed by atoms with Gasteiger partial charge in [0.05, 0.1) is 11.1 Å². The van der Waals surface area contributed by atoms with E-state index in [0.29, 0.717) is 32.7 Å². The number of hydrogen-bond donors (Lipinski definition) is 1. The number of nitrogens with zero attached hydrogens (tertiary/aromatic N) is 1. The molecule has 1 aromatic heterocycles. The van der Waals surface area contributed by atoms with Crippen LogP contribution in [-0.2, 0) is 11.3 Å². The van der Waals surface area contributed by atoms with Gasteiger partial charge >= 0.3 is 5.97 Å². The molecule has 3 aromatic carbocycles. The Morgan fingerprint density at radius 2 is 1.62 bits per heavy atom. The van der Waals surface area contributed by atoms with Crippen LogP contribution in [0, 0.1) is 0 Å². The molecule has 1 saturated heterocycles. The molecule has 2 heterocycles. The number of halogens is 2. The molecule has 1 aliphatic carbocycles. The maximum Gasteiger partial charge on any atom is 0.335 e. The van der Waals surface area contributed by atoms with E-state index in [0.717, 1.165) is 51.9 Å². The summed E-state index contributed by atoms with van der Waals surface area (Å²) >= 11 is 0. The van der Waals surface area contributed by atoms with E-state index in [4.69, 9.17) is 9.47 Å². The highest BCUT2D eigenvalue weighted by molar-refractivity contribution is 6.03. The van der Waals surface area contributed by atoms with Gasteiger partial charge in [-0.15, -0.1) is 0 Å². The highest BCUT2D eigenvalue weighted by Gasteiger charge is 2.38. The Labute approximate surface area is 232 Å². The van der Waals surface area contributed by atoms with Crippen molar-refractivity contribution in [2.24, 2.45) is 0 Å². The molecule has 0 atom stereocenters. The minimum Gasteiger partial charge on any atom is -0.488 e. The first kappa shape index (κ1) is 26.5. The van der Waals surface area contributed by atoms with E-state index in [-0.39, 0.29) is 30.4 Å². The Hall–Kier alpha value is -3.71. The number of carbonyl (C=O) groups is 1. The van der Waals surface area contributed by atoms with E-state index in [9.17, 15) is 18.7 Å². The second kappa shape index (κ2) is 11.0. The lowest BCUT2D eigenvalue weighted by atomic mass is 9.88. The summed E-state index contributed by atoms with van der Waals surface area (Å²) in [5, 5.41) is 10.5. The van der Waals surface area contributed by atoms with Crippen molar-refractivity contribution < 1.29 is 28.2 Å². The number of aromatic carboxylic acids is 1. The molecule has 0 amide bonds. The zero-order valence-electron chi connectivity index (χ0n) is 22.3. The minimum atomic E-state index is -2.63. The maximum absolute atomic E-state index is 14.3. The molecule has 6 rings (SSSR count). The number of benzene rings is 3. The molecule has 208 valence electrons. The van der Waals surface area contributed by atoms with Gasteiger partial charge < -0.3 is 19.1 Å². The van der Waals surface area contributed by atoms with Gasteiger partial charge in [-0.1, -0.05) is 48.5 Å². The number of alkyl halides is 2. The lowest BCUT2D eigenvalue weighted by molar-refractivity contribution is -0.0439. The van der Waals surface area contributed by atoms with Gasteiger partial charge in [0, 0.05) is 54.7 Å². The van der Waals surface area contributed by atoms with Gasteiger partial charge in [0.1, 0.15) is 12.4 Å². The third kappa shape index (κ3) is 5.22. The SMILES string of the molecule is O=C(O)c1ccc(-c2c(C3CCOCC3)n(C3CCC(F)(F)CC3)c3cccc(OCc4ccccc4)c23)cc1. The van der Waals surface area contributed by atoms with Crippen LogP contribution in [0.15, 0.2) is 72.8 Å². The van der Waals surface area contributed by atoms with Crippen LogP contribution in [0.3, 0.4) is 0 Å². The molecule has 0 unspecified atom stereocenters. The first-order valence-corrected chi connectivity index (χ1v) is 14.0. The van der Waals surface area contributed by atoms with Crippen molar-refractivity contribution >= 4 is 16.9 Å². The van der Waals surface area contributed by atoms with Crippen molar-refractivity contribution in [3.8, 4) is 16.9 Å². The molecule has 0 radical (unpaired) electrons. The summed E-state index contributed by atoms with van der Waals surface area (Å²) in [6.07, 6.45) is 2.22. The third-order valence-corrected chi connectivity index (χ3v) is 8.35. The van der Waals surface area contributed by atoms with Crippen LogP contribution in [0.5, 0.6) is 5.75 Å². The summed E-state index contributed by atoms with van der Waals surface area (Å²) in [4.78, 5) is 11.6. The second-order valence-corrected chi connectivity index (χ2v) is 10.9. The van der Waals surface area contributed by atoms with Gasteiger partial charge in [-0.3, -0.25) is 0 Å². The average Bonchev–Trinajstić information content (AvgIpc) is 3.33. The van der Waals surface area contributed by atoms with Crippen LogP contribution in [0.1, 0.15) is 72.1 Å². The molecule has 2 aliphatic rings. The molecule has 4 aromatic rings. The fourth-order valence-corrected chi connectivity index (χ4v) is 6.33. The Bertz CT molecular complexity index is 1480. The van der Waals surface area contributed by atoms with Crippen molar-refractivity contribution in [1.29, 1.82) is 0 Å². The van der Waals surface area contributed by atoms with Crippen LogP contribution in [0.2, 0.25) is 0 Å². The van der Waals surface area contributed by atoms with Gasteiger partial charge in [-0.2, -0.15) is 0 Å². The first-order valence-electron chi connectivity index (χ1n) is 14.0. The Balaban J connectivity index is 1.56. The lowest BCUT2D eigenvalue weighted by Crippen LogP contribution is -2.28. The zero-order chi connectivity index (χ0) is 27.7. The Morgan fingerprint density at radius 1 is 0.925 bits per heavy atom. The fraction of sp³-hybridized carbons (Fsp3) is 0.364. The fourth-order valence-electron chi connectivity index (χ4n) is 6.33. The van der Waals surface area contributed by atoms with Crippen molar-refractivity contribution in [2.45, 2.75) is 63.0 Å². The number of aromatic nitrogens is 1. The van der Waals surface area contributed by atoms with E-state index >= 15 is 0 Å². The quantitative estimate of drug-likeness (QED) is 0.254. The molecule has 5 nitrogen and oxygen atoms in total. The van der Waals surface area contributed by atoms with Crippen LogP contribution in [-0.4, -0.2) is 34.8 Å². The topological polar surface area (TPSA) is 60.7 Å². The molecule has 7 heteroatoms. The van der Waals surface area contributed by atoms with E-state index in [1.165, 1.54) is 0 Å². The molecule has 1 aliphatic heterocycles. The summed E-state index contributed by atoms with van der Waals surface area (Å²) in [5.74, 6) is -2.70. The summed E-state index contributed by atoms with van der Waals surface area (Å²) in [6.45, 7) is 1.68. The second-order valence-electron chi connectivity index (χ2n) is 10.9. The number of fused-ring (bicyclic) bond motifs is 1. The predicted octanol–water partition coefficient (Wildman–Crippen LogP) is 8.23. The molecule has 0 spiro atoms. The number of carboxylic acid groups (broad SMARTS) is 1. The van der Waals surface area contributed by atoms with Gasteiger partial charge in [0.2, 0.25) is 5.92 Å². The maximum atomic E-state index is 14.3. The molecule has 2 fully saturated rings. The number of rotatable bonds is 7. The molecular weight excluding hydrogens is 512 g/mol. The molecule has 0 bridgehead atoms. The largest absolute Gasteiger partial charge is 0.488 e. The number of hydrogen-bond acceptors (Lipinski definition) is 3. The number of carboxylic acids is 1.